The second-order valence-electron chi connectivity index (χ2n) is 4.85. The molecule has 4 nitrogen and oxygen atoms in total. The number of thiol groups is 1. The highest BCUT2D eigenvalue weighted by molar-refractivity contribution is 7.80. The molecule has 0 radical (unpaired) electrons. The Kier molecular flexibility index (Phi) is 4.86. The van der Waals surface area contributed by atoms with Gasteiger partial charge >= 0.3 is 0 Å². The quantitative estimate of drug-likeness (QED) is 0.691. The van der Waals surface area contributed by atoms with Gasteiger partial charge < -0.3 is 10.6 Å². The Balaban J connectivity index is 2.53. The van der Waals surface area contributed by atoms with Crippen LogP contribution in [0.4, 0.5) is 11.6 Å². The minimum Gasteiger partial charge on any atom is -0.369 e. The predicted octanol–water partition coefficient (Wildman–Crippen LogP) is 2.28. The Bertz CT molecular complexity index is 322. The summed E-state index contributed by atoms with van der Waals surface area (Å²) in [7, 11) is 0. The highest BCUT2D eigenvalue weighted by Gasteiger charge is 2.09. The van der Waals surface area contributed by atoms with E-state index in [1.165, 1.54) is 0 Å². The van der Waals surface area contributed by atoms with Crippen LogP contribution in [0.3, 0.4) is 0 Å². The Morgan fingerprint density at radius 1 is 1.19 bits per heavy atom. The first kappa shape index (κ1) is 13.1. The molecule has 90 valence electrons. The van der Waals surface area contributed by atoms with Crippen molar-refractivity contribution in [2.45, 2.75) is 20.8 Å². The Labute approximate surface area is 103 Å². The molecule has 1 heterocycles. The Hall–Kier alpha value is -0.970. The van der Waals surface area contributed by atoms with Crippen LogP contribution in [0.15, 0.2) is 12.4 Å². The van der Waals surface area contributed by atoms with Gasteiger partial charge in [-0.1, -0.05) is 20.8 Å². The molecule has 0 unspecified atom stereocenters. The van der Waals surface area contributed by atoms with Crippen LogP contribution < -0.4 is 10.6 Å². The molecule has 0 atom stereocenters. The van der Waals surface area contributed by atoms with Gasteiger partial charge in [0.15, 0.2) is 0 Å². The standard InChI is InChI=1S/C11H20N4S/c1-11(2,3)7-13-10-6-9(12-4-5-16)14-8-15-10/h6,8,16H,4-5,7H2,1-3H3,(H2,12,13,14,15). The summed E-state index contributed by atoms with van der Waals surface area (Å²) in [6.45, 7) is 8.23. The molecule has 0 saturated carbocycles. The fourth-order valence-electron chi connectivity index (χ4n) is 1.09. The summed E-state index contributed by atoms with van der Waals surface area (Å²) in [5.41, 5.74) is 0.240. The monoisotopic (exact) mass is 240 g/mol. The van der Waals surface area contributed by atoms with Crippen molar-refractivity contribution in [3.8, 4) is 0 Å². The molecule has 16 heavy (non-hydrogen) atoms. The smallest absolute Gasteiger partial charge is 0.131 e. The van der Waals surface area contributed by atoms with E-state index < -0.39 is 0 Å². The number of nitrogens with one attached hydrogen (secondary N) is 2. The van der Waals surface area contributed by atoms with Crippen molar-refractivity contribution in [3.63, 3.8) is 0 Å². The van der Waals surface area contributed by atoms with E-state index in [4.69, 9.17) is 0 Å². The zero-order valence-electron chi connectivity index (χ0n) is 10.1. The first-order chi connectivity index (χ1) is 7.51. The summed E-state index contributed by atoms with van der Waals surface area (Å²) in [4.78, 5) is 8.29. The topological polar surface area (TPSA) is 49.8 Å². The zero-order chi connectivity index (χ0) is 12.0. The van der Waals surface area contributed by atoms with Gasteiger partial charge in [0.2, 0.25) is 0 Å². The largest absolute Gasteiger partial charge is 0.369 e. The van der Waals surface area contributed by atoms with Gasteiger partial charge in [-0.3, -0.25) is 0 Å². The molecular weight excluding hydrogens is 220 g/mol. The molecule has 1 aromatic heterocycles. The molecule has 0 spiro atoms. The van der Waals surface area contributed by atoms with Gasteiger partial charge in [-0.2, -0.15) is 12.6 Å². The van der Waals surface area contributed by atoms with Crippen molar-refractivity contribution in [1.82, 2.24) is 9.97 Å². The number of aromatic nitrogens is 2. The second-order valence-corrected chi connectivity index (χ2v) is 5.30. The maximum atomic E-state index is 4.17. The third kappa shape index (κ3) is 5.21. The van der Waals surface area contributed by atoms with Crippen LogP contribution in [0.25, 0.3) is 0 Å². The van der Waals surface area contributed by atoms with E-state index in [1.807, 2.05) is 6.07 Å². The molecule has 0 aliphatic rings. The first-order valence-electron chi connectivity index (χ1n) is 5.42. The zero-order valence-corrected chi connectivity index (χ0v) is 11.0. The molecule has 0 fully saturated rings. The van der Waals surface area contributed by atoms with E-state index in [0.29, 0.717) is 0 Å². The molecule has 0 aromatic carbocycles. The van der Waals surface area contributed by atoms with Gasteiger partial charge in [0.25, 0.3) is 0 Å². The SMILES string of the molecule is CC(C)(C)CNc1cc(NCCS)ncn1. The average molecular weight is 240 g/mol. The molecule has 0 bridgehead atoms. The van der Waals surface area contributed by atoms with E-state index >= 15 is 0 Å². The molecule has 0 saturated heterocycles. The fraction of sp³-hybridized carbons (Fsp3) is 0.636. The number of anilines is 2. The minimum atomic E-state index is 0.240. The van der Waals surface area contributed by atoms with Crippen LogP contribution in [-0.4, -0.2) is 28.8 Å². The molecule has 1 aromatic rings. The van der Waals surface area contributed by atoms with Crippen molar-refractivity contribution in [1.29, 1.82) is 0 Å². The minimum absolute atomic E-state index is 0.240. The molecule has 2 N–H and O–H groups in total. The van der Waals surface area contributed by atoms with E-state index in [2.05, 4.69) is 54.0 Å². The lowest BCUT2D eigenvalue weighted by Gasteiger charge is -2.19. The van der Waals surface area contributed by atoms with Gasteiger partial charge in [0.1, 0.15) is 18.0 Å². The summed E-state index contributed by atoms with van der Waals surface area (Å²) in [6.07, 6.45) is 1.56. The van der Waals surface area contributed by atoms with Crippen LogP contribution in [0.5, 0.6) is 0 Å². The lowest BCUT2D eigenvalue weighted by molar-refractivity contribution is 0.442. The highest BCUT2D eigenvalue weighted by atomic mass is 32.1. The lowest BCUT2D eigenvalue weighted by atomic mass is 9.97. The van der Waals surface area contributed by atoms with Gasteiger partial charge in [-0.05, 0) is 5.41 Å². The van der Waals surface area contributed by atoms with Gasteiger partial charge in [-0.15, -0.1) is 0 Å². The predicted molar refractivity (Wildman–Crippen MR) is 72.3 cm³/mol. The third-order valence-corrected chi connectivity index (χ3v) is 2.11. The average Bonchev–Trinajstić information content (AvgIpc) is 2.23. The van der Waals surface area contributed by atoms with Gasteiger partial charge in [0.05, 0.1) is 0 Å². The highest BCUT2D eigenvalue weighted by Crippen LogP contribution is 2.15. The van der Waals surface area contributed by atoms with Crippen molar-refractivity contribution in [3.05, 3.63) is 12.4 Å². The number of hydrogen-bond acceptors (Lipinski definition) is 5. The summed E-state index contributed by atoms with van der Waals surface area (Å²) in [5, 5.41) is 6.46. The first-order valence-corrected chi connectivity index (χ1v) is 6.05. The molecule has 0 aliphatic heterocycles. The van der Waals surface area contributed by atoms with E-state index in [1.54, 1.807) is 6.33 Å². The van der Waals surface area contributed by atoms with Crippen LogP contribution in [0.2, 0.25) is 0 Å². The lowest BCUT2D eigenvalue weighted by Crippen LogP contribution is -2.19. The molecule has 5 heteroatoms. The van der Waals surface area contributed by atoms with Crippen molar-refractivity contribution >= 4 is 24.3 Å². The maximum absolute atomic E-state index is 4.17. The Morgan fingerprint density at radius 2 is 1.81 bits per heavy atom. The number of rotatable bonds is 5. The summed E-state index contributed by atoms with van der Waals surface area (Å²) >= 11 is 4.13. The normalized spacial score (nSPS) is 11.2. The summed E-state index contributed by atoms with van der Waals surface area (Å²) < 4.78 is 0. The maximum Gasteiger partial charge on any atom is 0.131 e. The molecule has 1 rings (SSSR count). The van der Waals surface area contributed by atoms with E-state index in [9.17, 15) is 0 Å². The van der Waals surface area contributed by atoms with Crippen molar-refractivity contribution < 1.29 is 0 Å². The second kappa shape index (κ2) is 5.94. The molecule has 0 aliphatic carbocycles. The molecule has 0 amide bonds. The summed E-state index contributed by atoms with van der Waals surface area (Å²) in [6, 6.07) is 1.91. The van der Waals surface area contributed by atoms with Gasteiger partial charge in [-0.25, -0.2) is 9.97 Å². The summed E-state index contributed by atoms with van der Waals surface area (Å²) in [5.74, 6) is 2.47. The Morgan fingerprint density at radius 3 is 2.38 bits per heavy atom. The van der Waals surface area contributed by atoms with E-state index in [0.717, 1.165) is 30.5 Å². The fourth-order valence-corrected chi connectivity index (χ4v) is 1.20. The van der Waals surface area contributed by atoms with Crippen molar-refractivity contribution in [2.75, 3.05) is 29.5 Å². The third-order valence-electron chi connectivity index (χ3n) is 1.88. The number of nitrogens with zero attached hydrogens (tertiary/aromatic N) is 2. The van der Waals surface area contributed by atoms with Crippen LogP contribution >= 0.6 is 12.6 Å². The van der Waals surface area contributed by atoms with E-state index in [-0.39, 0.29) is 5.41 Å². The van der Waals surface area contributed by atoms with Crippen LogP contribution in [0, 0.1) is 5.41 Å². The number of hydrogen-bond donors (Lipinski definition) is 3. The molecular formula is C11H20N4S. The van der Waals surface area contributed by atoms with Gasteiger partial charge in [0, 0.05) is 24.9 Å². The van der Waals surface area contributed by atoms with Crippen molar-refractivity contribution in [2.24, 2.45) is 5.41 Å². The van der Waals surface area contributed by atoms with Crippen LogP contribution in [0.1, 0.15) is 20.8 Å². The van der Waals surface area contributed by atoms with Crippen LogP contribution in [-0.2, 0) is 0 Å².